The van der Waals surface area contributed by atoms with Gasteiger partial charge in [-0.25, -0.2) is 8.42 Å². The number of benzene rings is 3. The van der Waals surface area contributed by atoms with Crippen molar-refractivity contribution in [1.29, 1.82) is 0 Å². The van der Waals surface area contributed by atoms with Gasteiger partial charge in [-0.3, -0.25) is 14.6 Å². The van der Waals surface area contributed by atoms with Gasteiger partial charge in [-0.1, -0.05) is 78.9 Å². The smallest absolute Gasteiger partial charge is 0.243 e. The van der Waals surface area contributed by atoms with Gasteiger partial charge in [0.15, 0.2) is 0 Å². The number of carbonyl (C=O) groups is 2. The van der Waals surface area contributed by atoms with E-state index >= 15 is 0 Å². The summed E-state index contributed by atoms with van der Waals surface area (Å²) in [5, 5.41) is 2.93. The zero-order chi connectivity index (χ0) is 30.7. The first-order chi connectivity index (χ1) is 20.7. The Hall–Kier alpha value is -4.54. The lowest BCUT2D eigenvalue weighted by molar-refractivity contribution is -0.141. The van der Waals surface area contributed by atoms with E-state index in [1.54, 1.807) is 49.7 Å². The minimum atomic E-state index is -3.76. The van der Waals surface area contributed by atoms with Crippen molar-refractivity contribution in [3.63, 3.8) is 0 Å². The van der Waals surface area contributed by atoms with Gasteiger partial charge in [-0.15, -0.1) is 0 Å². The van der Waals surface area contributed by atoms with Crippen LogP contribution in [0.15, 0.2) is 109 Å². The van der Waals surface area contributed by atoms with Crippen LogP contribution in [0.25, 0.3) is 0 Å². The molecule has 1 N–H and O–H groups in total. The Labute approximate surface area is 253 Å². The molecule has 3 aromatic carbocycles. The van der Waals surface area contributed by atoms with Crippen molar-refractivity contribution < 1.29 is 22.7 Å². The molecule has 0 aliphatic carbocycles. The highest BCUT2D eigenvalue weighted by atomic mass is 32.2. The van der Waals surface area contributed by atoms with Gasteiger partial charge in [0.2, 0.25) is 21.8 Å². The number of hydrogen-bond acceptors (Lipinski definition) is 6. The third-order valence-electron chi connectivity index (χ3n) is 6.94. The number of rotatable bonds is 14. The molecular formula is C33H36N4O5S. The van der Waals surface area contributed by atoms with Crippen LogP contribution >= 0.6 is 0 Å². The van der Waals surface area contributed by atoms with Crippen molar-refractivity contribution in [2.45, 2.75) is 32.1 Å². The van der Waals surface area contributed by atoms with Gasteiger partial charge in [0.1, 0.15) is 11.8 Å². The number of amides is 2. The summed E-state index contributed by atoms with van der Waals surface area (Å²) >= 11 is 0. The maximum Gasteiger partial charge on any atom is 0.243 e. The number of carbonyl (C=O) groups excluding carboxylic acids is 2. The Kier molecular flexibility index (Phi) is 11.0. The maximum atomic E-state index is 14.1. The monoisotopic (exact) mass is 600 g/mol. The quantitative estimate of drug-likeness (QED) is 0.236. The molecule has 0 radical (unpaired) electrons. The van der Waals surface area contributed by atoms with Crippen LogP contribution in [0.1, 0.15) is 22.4 Å². The van der Waals surface area contributed by atoms with Crippen molar-refractivity contribution in [3.05, 3.63) is 132 Å². The average Bonchev–Trinajstić information content (AvgIpc) is 3.02. The number of aromatic nitrogens is 1. The van der Waals surface area contributed by atoms with Gasteiger partial charge >= 0.3 is 0 Å². The van der Waals surface area contributed by atoms with Gasteiger partial charge in [-0.2, -0.15) is 4.31 Å². The van der Waals surface area contributed by atoms with Crippen molar-refractivity contribution >= 4 is 21.8 Å². The van der Waals surface area contributed by atoms with Crippen molar-refractivity contribution in [2.75, 3.05) is 19.9 Å². The Morgan fingerprint density at radius 2 is 1.42 bits per heavy atom. The predicted molar refractivity (Wildman–Crippen MR) is 165 cm³/mol. The van der Waals surface area contributed by atoms with Crippen LogP contribution in [0.3, 0.4) is 0 Å². The first-order valence-electron chi connectivity index (χ1n) is 13.9. The molecule has 0 aliphatic rings. The lowest BCUT2D eigenvalue weighted by Gasteiger charge is -2.33. The fourth-order valence-electron chi connectivity index (χ4n) is 4.60. The molecule has 0 aliphatic heterocycles. The summed E-state index contributed by atoms with van der Waals surface area (Å²) in [6.07, 6.45) is 2.96. The van der Waals surface area contributed by atoms with Crippen LogP contribution in [-0.4, -0.2) is 60.4 Å². The molecule has 224 valence electrons. The van der Waals surface area contributed by atoms with E-state index in [1.807, 2.05) is 66.7 Å². The number of nitrogens with zero attached hydrogens (tertiary/aromatic N) is 3. The first kappa shape index (κ1) is 31.4. The van der Waals surface area contributed by atoms with Crippen LogP contribution in [0.4, 0.5) is 0 Å². The zero-order valence-electron chi connectivity index (χ0n) is 24.3. The van der Waals surface area contributed by atoms with Crippen LogP contribution in [0.5, 0.6) is 5.75 Å². The van der Waals surface area contributed by atoms with Crippen molar-refractivity contribution in [3.8, 4) is 5.75 Å². The zero-order valence-corrected chi connectivity index (χ0v) is 25.1. The van der Waals surface area contributed by atoms with Crippen LogP contribution in [0, 0.1) is 0 Å². The molecule has 0 unspecified atom stereocenters. The number of methoxy groups -OCH3 is 1. The second-order valence-corrected chi connectivity index (χ2v) is 12.1. The number of nitrogens with one attached hydrogen (secondary N) is 1. The largest absolute Gasteiger partial charge is 0.497 e. The van der Waals surface area contributed by atoms with Crippen LogP contribution < -0.4 is 10.1 Å². The van der Waals surface area contributed by atoms with Gasteiger partial charge in [0.25, 0.3) is 0 Å². The molecule has 1 atom stereocenters. The summed E-state index contributed by atoms with van der Waals surface area (Å²) in [7, 11) is -2.20. The molecule has 0 fully saturated rings. The molecule has 1 heterocycles. The fraction of sp³-hybridized carbons (Fsp3) is 0.242. The van der Waals surface area contributed by atoms with E-state index in [-0.39, 0.29) is 32.0 Å². The van der Waals surface area contributed by atoms with E-state index in [2.05, 4.69) is 10.3 Å². The maximum absolute atomic E-state index is 14.1. The summed E-state index contributed by atoms with van der Waals surface area (Å²) in [5.41, 5.74) is 3.04. The Morgan fingerprint density at radius 1 is 0.814 bits per heavy atom. The molecule has 0 saturated carbocycles. The third kappa shape index (κ3) is 9.49. The Bertz CT molecular complexity index is 1570. The van der Waals surface area contributed by atoms with E-state index in [4.69, 9.17) is 4.74 Å². The lowest BCUT2D eigenvalue weighted by Crippen LogP contribution is -2.53. The van der Waals surface area contributed by atoms with Gasteiger partial charge in [0, 0.05) is 25.7 Å². The highest BCUT2D eigenvalue weighted by Gasteiger charge is 2.33. The molecule has 9 nitrogen and oxygen atoms in total. The normalized spacial score (nSPS) is 12.0. The van der Waals surface area contributed by atoms with E-state index in [9.17, 15) is 18.0 Å². The molecule has 0 spiro atoms. The van der Waals surface area contributed by atoms with Crippen LogP contribution in [0.2, 0.25) is 0 Å². The Balaban J connectivity index is 1.68. The van der Waals surface area contributed by atoms with Crippen molar-refractivity contribution in [2.24, 2.45) is 0 Å². The number of sulfonamides is 1. The summed E-state index contributed by atoms with van der Waals surface area (Å²) < 4.78 is 32.1. The van der Waals surface area contributed by atoms with E-state index in [1.165, 1.54) is 4.90 Å². The average molecular weight is 601 g/mol. The molecule has 2 amide bonds. The van der Waals surface area contributed by atoms with Gasteiger partial charge in [-0.05, 0) is 41.0 Å². The van der Waals surface area contributed by atoms with Gasteiger partial charge in [0.05, 0.1) is 32.1 Å². The number of hydrogen-bond donors (Lipinski definition) is 1. The first-order valence-corrected chi connectivity index (χ1v) is 15.7. The van der Waals surface area contributed by atoms with Crippen molar-refractivity contribution in [1.82, 2.24) is 19.5 Å². The molecule has 43 heavy (non-hydrogen) atoms. The fourth-order valence-corrected chi connectivity index (χ4v) is 5.33. The lowest BCUT2D eigenvalue weighted by atomic mass is 10.0. The molecule has 0 bridgehead atoms. The molecule has 1 aromatic heterocycles. The van der Waals surface area contributed by atoms with E-state index in [0.29, 0.717) is 11.4 Å². The third-order valence-corrected chi connectivity index (χ3v) is 8.13. The molecular weight excluding hydrogens is 564 g/mol. The summed E-state index contributed by atoms with van der Waals surface area (Å²) in [5.74, 6) is -0.210. The molecule has 0 saturated heterocycles. The van der Waals surface area contributed by atoms with E-state index in [0.717, 1.165) is 27.3 Å². The van der Waals surface area contributed by atoms with Crippen LogP contribution in [-0.2, 0) is 45.7 Å². The number of pyridine rings is 1. The SMILES string of the molecule is COc1ccc(CN(C(=O)CN(Cc2ccccc2)S(C)(=O)=O)[C@@H](Cc2ccccc2)C(=O)NCc2ccccn2)cc1. The molecule has 4 aromatic rings. The Morgan fingerprint density at radius 3 is 2.00 bits per heavy atom. The minimum Gasteiger partial charge on any atom is -0.497 e. The van der Waals surface area contributed by atoms with E-state index < -0.39 is 28.5 Å². The standard InChI is InChI=1S/C33H36N4O5S/c1-42-30-18-16-28(17-19-30)24-37(32(38)25-36(43(2,40)41)23-27-13-7-4-8-14-27)31(21-26-11-5-3-6-12-26)33(39)35-22-29-15-9-10-20-34-29/h3-20,31H,21-25H2,1-2H3,(H,35,39)/t31-/m0/s1. The summed E-state index contributed by atoms with van der Waals surface area (Å²) in [6.45, 7) is -0.140. The minimum absolute atomic E-state index is 0.0248. The summed E-state index contributed by atoms with van der Waals surface area (Å²) in [6, 6.07) is 30.2. The highest BCUT2D eigenvalue weighted by molar-refractivity contribution is 7.88. The number of ether oxygens (including phenoxy) is 1. The second kappa shape index (κ2) is 15.1. The summed E-state index contributed by atoms with van der Waals surface area (Å²) in [4.78, 5) is 33.7. The topological polar surface area (TPSA) is 109 Å². The molecule has 4 rings (SSSR count). The highest BCUT2D eigenvalue weighted by Crippen LogP contribution is 2.19. The van der Waals surface area contributed by atoms with Gasteiger partial charge < -0.3 is 15.0 Å². The predicted octanol–water partition coefficient (Wildman–Crippen LogP) is 3.81. The molecule has 10 heteroatoms. The second-order valence-electron chi connectivity index (χ2n) is 10.1.